The Labute approximate surface area is 81.4 Å². The summed E-state index contributed by atoms with van der Waals surface area (Å²) in [6, 6.07) is 5.46. The van der Waals surface area contributed by atoms with E-state index in [2.05, 4.69) is 4.74 Å². The highest BCUT2D eigenvalue weighted by Crippen LogP contribution is 2.35. The predicted molar refractivity (Wildman–Crippen MR) is 48.3 cm³/mol. The Hall–Kier alpha value is -1.71. The Morgan fingerprint density at radius 1 is 1.50 bits per heavy atom. The van der Waals surface area contributed by atoms with Crippen molar-refractivity contribution in [1.82, 2.24) is 0 Å². The van der Waals surface area contributed by atoms with Crippen molar-refractivity contribution >= 4 is 5.97 Å². The first kappa shape index (κ1) is 8.87. The number of esters is 1. The molecule has 1 aliphatic heterocycles. The third-order valence-electron chi connectivity index (χ3n) is 2.04. The number of ether oxygens (including phenoxy) is 3. The monoisotopic (exact) mass is 194 g/mol. The third-order valence-corrected chi connectivity index (χ3v) is 2.04. The zero-order valence-electron chi connectivity index (χ0n) is 7.78. The molecule has 0 N–H and O–H groups in total. The average molecular weight is 194 g/mol. The Bertz CT molecular complexity index is 359. The molecule has 0 saturated carbocycles. The van der Waals surface area contributed by atoms with Gasteiger partial charge in [-0.2, -0.15) is 0 Å². The summed E-state index contributed by atoms with van der Waals surface area (Å²) >= 11 is 0. The quantitative estimate of drug-likeness (QED) is 0.662. The number of rotatable bonds is 2. The first-order chi connectivity index (χ1) is 6.81. The highest BCUT2D eigenvalue weighted by Gasteiger charge is 2.18. The molecule has 0 saturated heterocycles. The Morgan fingerprint density at radius 2 is 2.36 bits per heavy atom. The van der Waals surface area contributed by atoms with E-state index in [1.54, 1.807) is 0 Å². The third kappa shape index (κ3) is 1.51. The van der Waals surface area contributed by atoms with Gasteiger partial charge in [0.2, 0.25) is 6.79 Å². The maximum Gasteiger partial charge on any atom is 0.310 e. The maximum atomic E-state index is 11.1. The zero-order chi connectivity index (χ0) is 9.97. The highest BCUT2D eigenvalue weighted by atomic mass is 16.7. The summed E-state index contributed by atoms with van der Waals surface area (Å²) in [5.41, 5.74) is 0.798. The minimum atomic E-state index is -0.283. The van der Waals surface area contributed by atoms with E-state index in [0.29, 0.717) is 11.5 Å². The lowest BCUT2D eigenvalue weighted by atomic mass is 10.1. The topological polar surface area (TPSA) is 44.8 Å². The summed E-state index contributed by atoms with van der Waals surface area (Å²) in [6.07, 6.45) is 0.211. The molecule has 0 spiro atoms. The molecule has 0 radical (unpaired) electrons. The molecule has 0 aromatic heterocycles. The van der Waals surface area contributed by atoms with E-state index in [4.69, 9.17) is 9.47 Å². The van der Waals surface area contributed by atoms with E-state index in [9.17, 15) is 4.79 Å². The van der Waals surface area contributed by atoms with Gasteiger partial charge in [-0.3, -0.25) is 4.79 Å². The van der Waals surface area contributed by atoms with Crippen molar-refractivity contribution in [2.45, 2.75) is 6.42 Å². The molecule has 1 heterocycles. The van der Waals surface area contributed by atoms with E-state index >= 15 is 0 Å². The molecule has 4 heteroatoms. The summed E-state index contributed by atoms with van der Waals surface area (Å²) in [4.78, 5) is 11.1. The molecule has 1 aromatic carbocycles. The number of fused-ring (bicyclic) bond motifs is 1. The second kappa shape index (κ2) is 3.57. The number of carbonyl (C=O) groups excluding carboxylic acids is 1. The van der Waals surface area contributed by atoms with Crippen LogP contribution in [0.25, 0.3) is 0 Å². The van der Waals surface area contributed by atoms with Gasteiger partial charge in [-0.15, -0.1) is 0 Å². The molecule has 0 atom stereocenters. The fourth-order valence-corrected chi connectivity index (χ4v) is 1.36. The summed E-state index contributed by atoms with van der Waals surface area (Å²) < 4.78 is 15.0. The van der Waals surface area contributed by atoms with Crippen molar-refractivity contribution in [2.24, 2.45) is 0 Å². The fraction of sp³-hybridized carbons (Fsp3) is 0.300. The van der Waals surface area contributed by atoms with Gasteiger partial charge in [0.05, 0.1) is 13.5 Å². The van der Waals surface area contributed by atoms with Crippen molar-refractivity contribution in [3.05, 3.63) is 23.8 Å². The SMILES string of the molecule is COC(=O)Cc1cccc2c1OCO2. The Morgan fingerprint density at radius 3 is 3.14 bits per heavy atom. The summed E-state index contributed by atoms with van der Waals surface area (Å²) in [7, 11) is 1.36. The number of benzene rings is 1. The van der Waals surface area contributed by atoms with Crippen LogP contribution in [-0.4, -0.2) is 19.9 Å². The maximum absolute atomic E-state index is 11.1. The van der Waals surface area contributed by atoms with Crippen molar-refractivity contribution in [3.63, 3.8) is 0 Å². The molecule has 14 heavy (non-hydrogen) atoms. The van der Waals surface area contributed by atoms with Gasteiger partial charge in [0, 0.05) is 5.56 Å². The van der Waals surface area contributed by atoms with Crippen LogP contribution in [0.2, 0.25) is 0 Å². The average Bonchev–Trinajstić information content (AvgIpc) is 2.66. The number of hydrogen-bond acceptors (Lipinski definition) is 4. The molecule has 0 bridgehead atoms. The van der Waals surface area contributed by atoms with Crippen LogP contribution in [0.5, 0.6) is 11.5 Å². The van der Waals surface area contributed by atoms with Gasteiger partial charge < -0.3 is 14.2 Å². The molecule has 0 fully saturated rings. The lowest BCUT2D eigenvalue weighted by Gasteiger charge is -2.03. The minimum Gasteiger partial charge on any atom is -0.469 e. The molecule has 4 nitrogen and oxygen atoms in total. The predicted octanol–water partition coefficient (Wildman–Crippen LogP) is 1.13. The molecule has 0 amide bonds. The lowest BCUT2D eigenvalue weighted by Crippen LogP contribution is -2.05. The van der Waals surface area contributed by atoms with Crippen molar-refractivity contribution < 1.29 is 19.0 Å². The summed E-state index contributed by atoms with van der Waals surface area (Å²) in [6.45, 7) is 0.216. The van der Waals surface area contributed by atoms with Gasteiger partial charge >= 0.3 is 5.97 Å². The Kier molecular flexibility index (Phi) is 2.26. The normalized spacial score (nSPS) is 12.6. The van der Waals surface area contributed by atoms with Gasteiger partial charge in [-0.25, -0.2) is 0 Å². The van der Waals surface area contributed by atoms with E-state index < -0.39 is 0 Å². The number of para-hydroxylation sites is 1. The van der Waals surface area contributed by atoms with Gasteiger partial charge in [0.25, 0.3) is 0 Å². The van der Waals surface area contributed by atoms with Crippen LogP contribution < -0.4 is 9.47 Å². The van der Waals surface area contributed by atoms with E-state index in [-0.39, 0.29) is 19.2 Å². The molecule has 74 valence electrons. The van der Waals surface area contributed by atoms with Gasteiger partial charge in [-0.1, -0.05) is 12.1 Å². The smallest absolute Gasteiger partial charge is 0.310 e. The van der Waals surface area contributed by atoms with E-state index in [1.807, 2.05) is 18.2 Å². The van der Waals surface area contributed by atoms with Crippen LogP contribution in [0, 0.1) is 0 Å². The summed E-state index contributed by atoms with van der Waals surface area (Å²) in [5.74, 6) is 1.05. The molecule has 1 aliphatic rings. The second-order valence-corrected chi connectivity index (χ2v) is 2.90. The molecule has 2 rings (SSSR count). The summed E-state index contributed by atoms with van der Waals surface area (Å²) in [5, 5.41) is 0. The van der Waals surface area contributed by atoms with Crippen LogP contribution in [0.3, 0.4) is 0 Å². The van der Waals surface area contributed by atoms with Crippen molar-refractivity contribution in [3.8, 4) is 11.5 Å². The molecule has 1 aromatic rings. The number of carbonyl (C=O) groups is 1. The number of hydrogen-bond donors (Lipinski definition) is 0. The second-order valence-electron chi connectivity index (χ2n) is 2.90. The van der Waals surface area contributed by atoms with Crippen LogP contribution >= 0.6 is 0 Å². The van der Waals surface area contributed by atoms with Crippen LogP contribution in [-0.2, 0) is 16.0 Å². The van der Waals surface area contributed by atoms with Crippen LogP contribution in [0.15, 0.2) is 18.2 Å². The minimum absolute atomic E-state index is 0.211. The van der Waals surface area contributed by atoms with Gasteiger partial charge in [-0.05, 0) is 6.07 Å². The van der Waals surface area contributed by atoms with E-state index in [1.165, 1.54) is 7.11 Å². The number of methoxy groups -OCH3 is 1. The first-order valence-electron chi connectivity index (χ1n) is 4.25. The first-order valence-corrected chi connectivity index (χ1v) is 4.25. The van der Waals surface area contributed by atoms with Crippen molar-refractivity contribution in [1.29, 1.82) is 0 Å². The highest BCUT2D eigenvalue weighted by molar-refractivity contribution is 5.74. The van der Waals surface area contributed by atoms with E-state index in [0.717, 1.165) is 5.56 Å². The van der Waals surface area contributed by atoms with Crippen LogP contribution in [0.1, 0.15) is 5.56 Å². The Balaban J connectivity index is 2.26. The van der Waals surface area contributed by atoms with Crippen molar-refractivity contribution in [2.75, 3.05) is 13.9 Å². The fourth-order valence-electron chi connectivity index (χ4n) is 1.36. The van der Waals surface area contributed by atoms with Gasteiger partial charge in [0.1, 0.15) is 0 Å². The molecular weight excluding hydrogens is 184 g/mol. The molecule has 0 aliphatic carbocycles. The zero-order valence-corrected chi connectivity index (χ0v) is 7.78. The lowest BCUT2D eigenvalue weighted by molar-refractivity contribution is -0.139. The molecular formula is C10H10O4. The molecule has 0 unspecified atom stereocenters. The van der Waals surface area contributed by atoms with Gasteiger partial charge in [0.15, 0.2) is 11.5 Å². The van der Waals surface area contributed by atoms with Crippen LogP contribution in [0.4, 0.5) is 0 Å². The largest absolute Gasteiger partial charge is 0.469 e. The standard InChI is InChI=1S/C10H10O4/c1-12-9(11)5-7-3-2-4-8-10(7)14-6-13-8/h2-4H,5-6H2,1H3.